The first kappa shape index (κ1) is 12.0. The van der Waals surface area contributed by atoms with Crippen molar-refractivity contribution in [3.63, 3.8) is 0 Å². The highest BCUT2D eigenvalue weighted by molar-refractivity contribution is 5.52. The van der Waals surface area contributed by atoms with E-state index in [4.69, 9.17) is 4.74 Å². The van der Waals surface area contributed by atoms with E-state index in [1.165, 1.54) is 30.7 Å². The number of benzene rings is 2. The molecule has 1 saturated heterocycles. The molecule has 2 nitrogen and oxygen atoms in total. The summed E-state index contributed by atoms with van der Waals surface area (Å²) in [5.74, 6) is 1.19. The summed E-state index contributed by atoms with van der Waals surface area (Å²) in [4.78, 5) is 2.36. The predicted molar refractivity (Wildman–Crippen MR) is 74.4 cm³/mol. The summed E-state index contributed by atoms with van der Waals surface area (Å²) in [6, 6.07) is 14.1. The molecule has 0 amide bonds. The van der Waals surface area contributed by atoms with Crippen LogP contribution in [-0.4, -0.2) is 13.1 Å². The fourth-order valence-corrected chi connectivity index (χ4v) is 2.36. The molecule has 1 aliphatic heterocycles. The second-order valence-electron chi connectivity index (χ2n) is 4.75. The summed E-state index contributed by atoms with van der Waals surface area (Å²) in [5.41, 5.74) is 1.19. The van der Waals surface area contributed by atoms with Gasteiger partial charge in [-0.1, -0.05) is 6.07 Å². The SMILES string of the molecule is Fc1ccc(Oc2cccc(N3CCCC3)c2)cc1. The van der Waals surface area contributed by atoms with Crippen molar-refractivity contribution in [1.29, 1.82) is 0 Å². The van der Waals surface area contributed by atoms with Crippen molar-refractivity contribution in [2.24, 2.45) is 0 Å². The lowest BCUT2D eigenvalue weighted by Gasteiger charge is -2.18. The molecule has 1 aliphatic rings. The van der Waals surface area contributed by atoms with Crippen LogP contribution in [0.2, 0.25) is 0 Å². The van der Waals surface area contributed by atoms with Gasteiger partial charge in [-0.25, -0.2) is 4.39 Å². The second-order valence-corrected chi connectivity index (χ2v) is 4.75. The molecule has 1 heterocycles. The van der Waals surface area contributed by atoms with Crippen LogP contribution in [0, 0.1) is 5.82 Å². The summed E-state index contributed by atoms with van der Waals surface area (Å²) < 4.78 is 18.6. The number of hydrogen-bond donors (Lipinski definition) is 0. The molecule has 0 N–H and O–H groups in total. The monoisotopic (exact) mass is 257 g/mol. The molecule has 98 valence electrons. The van der Waals surface area contributed by atoms with Crippen LogP contribution in [0.15, 0.2) is 48.5 Å². The zero-order chi connectivity index (χ0) is 13.1. The minimum absolute atomic E-state index is 0.252. The zero-order valence-corrected chi connectivity index (χ0v) is 10.7. The van der Waals surface area contributed by atoms with E-state index < -0.39 is 0 Å². The molecule has 19 heavy (non-hydrogen) atoms. The standard InChI is InChI=1S/C16H16FNO/c17-13-6-8-15(9-7-13)19-16-5-3-4-14(12-16)18-10-1-2-11-18/h3-9,12H,1-2,10-11H2. The summed E-state index contributed by atoms with van der Waals surface area (Å²) in [5, 5.41) is 0. The Labute approximate surface area is 112 Å². The van der Waals surface area contributed by atoms with Crippen LogP contribution in [-0.2, 0) is 0 Å². The molecule has 0 bridgehead atoms. The Bertz CT molecular complexity index is 547. The van der Waals surface area contributed by atoms with Crippen molar-refractivity contribution < 1.29 is 9.13 Å². The molecule has 0 radical (unpaired) electrons. The molecule has 0 spiro atoms. The zero-order valence-electron chi connectivity index (χ0n) is 10.7. The maximum Gasteiger partial charge on any atom is 0.129 e. The Morgan fingerprint density at radius 1 is 0.895 bits per heavy atom. The van der Waals surface area contributed by atoms with Crippen LogP contribution < -0.4 is 9.64 Å². The summed E-state index contributed by atoms with van der Waals surface area (Å²) >= 11 is 0. The van der Waals surface area contributed by atoms with Crippen LogP contribution >= 0.6 is 0 Å². The third-order valence-electron chi connectivity index (χ3n) is 3.34. The van der Waals surface area contributed by atoms with Crippen LogP contribution in [0.4, 0.5) is 10.1 Å². The van der Waals surface area contributed by atoms with E-state index in [0.717, 1.165) is 18.8 Å². The molecule has 0 aliphatic carbocycles. The molecular formula is C16H16FNO. The third-order valence-corrected chi connectivity index (χ3v) is 3.34. The van der Waals surface area contributed by atoms with Crippen LogP contribution in [0.5, 0.6) is 11.5 Å². The van der Waals surface area contributed by atoms with Gasteiger partial charge in [-0.15, -0.1) is 0 Å². The number of nitrogens with zero attached hydrogens (tertiary/aromatic N) is 1. The molecule has 2 aromatic rings. The van der Waals surface area contributed by atoms with Crippen LogP contribution in [0.1, 0.15) is 12.8 Å². The van der Waals surface area contributed by atoms with Gasteiger partial charge in [0.05, 0.1) is 0 Å². The van der Waals surface area contributed by atoms with E-state index in [1.54, 1.807) is 12.1 Å². The van der Waals surface area contributed by atoms with Gasteiger partial charge >= 0.3 is 0 Å². The summed E-state index contributed by atoms with van der Waals surface area (Å²) in [7, 11) is 0. The first-order valence-electron chi connectivity index (χ1n) is 6.60. The normalized spacial score (nSPS) is 14.7. The average molecular weight is 257 g/mol. The van der Waals surface area contributed by atoms with Gasteiger partial charge in [0.15, 0.2) is 0 Å². The third kappa shape index (κ3) is 2.87. The Balaban J connectivity index is 1.77. The van der Waals surface area contributed by atoms with E-state index in [2.05, 4.69) is 11.0 Å². The smallest absolute Gasteiger partial charge is 0.129 e. The van der Waals surface area contributed by atoms with Gasteiger partial charge in [0, 0.05) is 24.8 Å². The maximum absolute atomic E-state index is 12.8. The van der Waals surface area contributed by atoms with Crippen molar-refractivity contribution in [2.45, 2.75) is 12.8 Å². The van der Waals surface area contributed by atoms with Gasteiger partial charge < -0.3 is 9.64 Å². The van der Waals surface area contributed by atoms with Crippen LogP contribution in [0.3, 0.4) is 0 Å². The lowest BCUT2D eigenvalue weighted by Crippen LogP contribution is -2.17. The van der Waals surface area contributed by atoms with Crippen molar-refractivity contribution in [1.82, 2.24) is 0 Å². The Hall–Kier alpha value is -2.03. The number of halogens is 1. The maximum atomic E-state index is 12.8. The minimum atomic E-state index is -0.252. The second kappa shape index (κ2) is 5.31. The lowest BCUT2D eigenvalue weighted by atomic mass is 10.2. The number of anilines is 1. The fraction of sp³-hybridized carbons (Fsp3) is 0.250. The quantitative estimate of drug-likeness (QED) is 0.816. The summed E-state index contributed by atoms with van der Waals surface area (Å²) in [6.07, 6.45) is 2.51. The first-order chi connectivity index (χ1) is 9.31. The van der Waals surface area contributed by atoms with E-state index >= 15 is 0 Å². The molecule has 0 unspecified atom stereocenters. The molecule has 3 heteroatoms. The van der Waals surface area contributed by atoms with E-state index in [9.17, 15) is 4.39 Å². The average Bonchev–Trinajstić information content (AvgIpc) is 2.96. The number of ether oxygens (including phenoxy) is 1. The van der Waals surface area contributed by atoms with Gasteiger partial charge in [0.1, 0.15) is 17.3 Å². The minimum Gasteiger partial charge on any atom is -0.457 e. The predicted octanol–water partition coefficient (Wildman–Crippen LogP) is 4.22. The van der Waals surface area contributed by atoms with Gasteiger partial charge in [-0.05, 0) is 49.2 Å². The van der Waals surface area contributed by atoms with Gasteiger partial charge in [-0.2, -0.15) is 0 Å². The first-order valence-corrected chi connectivity index (χ1v) is 6.60. The Morgan fingerprint density at radius 3 is 2.37 bits per heavy atom. The Morgan fingerprint density at radius 2 is 1.63 bits per heavy atom. The van der Waals surface area contributed by atoms with Gasteiger partial charge in [0.2, 0.25) is 0 Å². The van der Waals surface area contributed by atoms with Crippen molar-refractivity contribution in [2.75, 3.05) is 18.0 Å². The van der Waals surface area contributed by atoms with Crippen LogP contribution in [0.25, 0.3) is 0 Å². The highest BCUT2D eigenvalue weighted by Gasteiger charge is 2.12. The van der Waals surface area contributed by atoms with Gasteiger partial charge in [-0.3, -0.25) is 0 Å². The molecule has 1 fully saturated rings. The van der Waals surface area contributed by atoms with Gasteiger partial charge in [0.25, 0.3) is 0 Å². The topological polar surface area (TPSA) is 12.5 Å². The molecular weight excluding hydrogens is 241 g/mol. The van der Waals surface area contributed by atoms with E-state index in [-0.39, 0.29) is 5.82 Å². The molecule has 0 saturated carbocycles. The lowest BCUT2D eigenvalue weighted by molar-refractivity contribution is 0.480. The molecule has 2 aromatic carbocycles. The number of hydrogen-bond acceptors (Lipinski definition) is 2. The molecule has 3 rings (SSSR count). The van der Waals surface area contributed by atoms with E-state index in [1.807, 2.05) is 18.2 Å². The fourth-order valence-electron chi connectivity index (χ4n) is 2.36. The van der Waals surface area contributed by atoms with Crippen molar-refractivity contribution in [3.8, 4) is 11.5 Å². The van der Waals surface area contributed by atoms with Crippen molar-refractivity contribution in [3.05, 3.63) is 54.3 Å². The number of rotatable bonds is 3. The van der Waals surface area contributed by atoms with Crippen molar-refractivity contribution >= 4 is 5.69 Å². The highest BCUT2D eigenvalue weighted by atomic mass is 19.1. The summed E-state index contributed by atoms with van der Waals surface area (Å²) in [6.45, 7) is 2.22. The molecule has 0 atom stereocenters. The van der Waals surface area contributed by atoms with E-state index in [0.29, 0.717) is 5.75 Å². The largest absolute Gasteiger partial charge is 0.457 e. The molecule has 0 aromatic heterocycles. The highest BCUT2D eigenvalue weighted by Crippen LogP contribution is 2.27. The Kier molecular flexibility index (Phi) is 3.36.